The number of hydrogen-bond acceptors (Lipinski definition) is 0. The number of rotatable bonds is 1. The zero-order valence-electron chi connectivity index (χ0n) is 5.43. The largest absolute Gasteiger partial charge is 0.442 e. The summed E-state index contributed by atoms with van der Waals surface area (Å²) in [5, 5.41) is 0. The van der Waals surface area contributed by atoms with Crippen LogP contribution >= 0.6 is 0 Å². The third kappa shape index (κ3) is 4.97. The first-order chi connectivity index (χ1) is 5.13. The number of halogens is 7. The molecule has 0 aromatic carbocycles. The fourth-order valence-electron chi connectivity index (χ4n) is 0.321. The van der Waals surface area contributed by atoms with Crippen LogP contribution in [0.4, 0.5) is 30.7 Å². The molecule has 0 radical (unpaired) electrons. The maximum Gasteiger partial charge on any atom is 0.442 e. The first-order valence-electron chi connectivity index (χ1n) is 2.62. The van der Waals surface area contributed by atoms with Crippen LogP contribution in [0.15, 0.2) is 11.9 Å². The van der Waals surface area contributed by atoms with Crippen molar-refractivity contribution in [2.45, 2.75) is 18.8 Å². The summed E-state index contributed by atoms with van der Waals surface area (Å²) in [4.78, 5) is 0. The van der Waals surface area contributed by atoms with Crippen molar-refractivity contribution in [2.24, 2.45) is 0 Å². The lowest BCUT2D eigenvalue weighted by molar-refractivity contribution is -0.129. The zero-order chi connectivity index (χ0) is 9.99. The van der Waals surface area contributed by atoms with E-state index in [9.17, 15) is 30.7 Å². The average molecular weight is 196 g/mol. The standard InChI is InChI=1S/C5H3F7/c6-3(5(10,11)12)1-2-4(7,8)9/h1H,2H2/b3-1-. The first kappa shape index (κ1) is 11.2. The lowest BCUT2D eigenvalue weighted by atomic mass is 10.3. The Kier molecular flexibility index (Phi) is 3.11. The van der Waals surface area contributed by atoms with Crippen LogP contribution in [0.3, 0.4) is 0 Å². The van der Waals surface area contributed by atoms with E-state index in [1.807, 2.05) is 0 Å². The van der Waals surface area contributed by atoms with Crippen molar-refractivity contribution >= 4 is 0 Å². The highest BCUT2D eigenvalue weighted by Gasteiger charge is 2.36. The van der Waals surface area contributed by atoms with Gasteiger partial charge < -0.3 is 0 Å². The van der Waals surface area contributed by atoms with E-state index in [1.54, 1.807) is 0 Å². The van der Waals surface area contributed by atoms with E-state index in [0.717, 1.165) is 0 Å². The molecule has 0 fully saturated rings. The molecule has 0 aliphatic heterocycles. The fourth-order valence-corrected chi connectivity index (χ4v) is 0.321. The van der Waals surface area contributed by atoms with Gasteiger partial charge in [0.2, 0.25) is 0 Å². The topological polar surface area (TPSA) is 0 Å². The number of hydrogen-bond donors (Lipinski definition) is 0. The van der Waals surface area contributed by atoms with Crippen molar-refractivity contribution < 1.29 is 30.7 Å². The van der Waals surface area contributed by atoms with Gasteiger partial charge in [-0.2, -0.15) is 26.3 Å². The van der Waals surface area contributed by atoms with Crippen LogP contribution in [0.25, 0.3) is 0 Å². The van der Waals surface area contributed by atoms with Crippen molar-refractivity contribution in [3.63, 3.8) is 0 Å². The molecule has 0 aromatic heterocycles. The molecule has 0 nitrogen and oxygen atoms in total. The Labute approximate surface area is 62.7 Å². The Hall–Kier alpha value is -0.750. The summed E-state index contributed by atoms with van der Waals surface area (Å²) in [6, 6.07) is 0. The van der Waals surface area contributed by atoms with Crippen molar-refractivity contribution in [2.75, 3.05) is 0 Å². The monoisotopic (exact) mass is 196 g/mol. The smallest absolute Gasteiger partial charge is 0.202 e. The van der Waals surface area contributed by atoms with Gasteiger partial charge in [-0.25, -0.2) is 4.39 Å². The Morgan fingerprint density at radius 2 is 1.42 bits per heavy atom. The summed E-state index contributed by atoms with van der Waals surface area (Å²) in [6.07, 6.45) is -12.6. The third-order valence-corrected chi connectivity index (χ3v) is 0.784. The van der Waals surface area contributed by atoms with Crippen LogP contribution in [0.5, 0.6) is 0 Å². The molecular weight excluding hydrogens is 193 g/mol. The summed E-state index contributed by atoms with van der Waals surface area (Å²) in [5.74, 6) is -2.72. The van der Waals surface area contributed by atoms with E-state index in [1.165, 1.54) is 0 Å². The van der Waals surface area contributed by atoms with E-state index >= 15 is 0 Å². The van der Waals surface area contributed by atoms with Crippen molar-refractivity contribution in [3.8, 4) is 0 Å². The molecule has 0 unspecified atom stereocenters. The Balaban J connectivity index is 4.21. The first-order valence-corrected chi connectivity index (χ1v) is 2.62. The van der Waals surface area contributed by atoms with Crippen LogP contribution in [-0.4, -0.2) is 12.4 Å². The van der Waals surface area contributed by atoms with Gasteiger partial charge in [-0.15, -0.1) is 0 Å². The van der Waals surface area contributed by atoms with Gasteiger partial charge in [-0.1, -0.05) is 0 Å². The fraction of sp³-hybridized carbons (Fsp3) is 0.600. The second kappa shape index (κ2) is 3.32. The zero-order valence-corrected chi connectivity index (χ0v) is 5.43. The molecule has 0 amide bonds. The van der Waals surface area contributed by atoms with Gasteiger partial charge in [0.05, 0.1) is 6.42 Å². The molecule has 12 heavy (non-hydrogen) atoms. The minimum Gasteiger partial charge on any atom is -0.202 e. The SMILES string of the molecule is F/C(=C\CC(F)(F)F)C(F)(F)F. The molecule has 0 saturated carbocycles. The molecule has 0 N–H and O–H groups in total. The van der Waals surface area contributed by atoms with Crippen LogP contribution in [0, 0.1) is 0 Å². The van der Waals surface area contributed by atoms with Crippen LogP contribution in [0.1, 0.15) is 6.42 Å². The average Bonchev–Trinajstić information content (AvgIpc) is 1.78. The van der Waals surface area contributed by atoms with Crippen molar-refractivity contribution in [3.05, 3.63) is 11.9 Å². The second-order valence-corrected chi connectivity index (χ2v) is 1.87. The second-order valence-electron chi connectivity index (χ2n) is 1.87. The maximum atomic E-state index is 11.7. The minimum atomic E-state index is -5.33. The van der Waals surface area contributed by atoms with Crippen molar-refractivity contribution in [1.82, 2.24) is 0 Å². The van der Waals surface area contributed by atoms with Crippen LogP contribution < -0.4 is 0 Å². The van der Waals surface area contributed by atoms with Gasteiger partial charge in [0.25, 0.3) is 0 Å². The number of allylic oxidation sites excluding steroid dienone is 2. The molecule has 0 rings (SSSR count). The predicted molar refractivity (Wildman–Crippen MR) is 25.9 cm³/mol. The molecule has 0 saturated heterocycles. The highest BCUT2D eigenvalue weighted by Crippen LogP contribution is 2.29. The maximum absolute atomic E-state index is 11.7. The van der Waals surface area contributed by atoms with Crippen LogP contribution in [0.2, 0.25) is 0 Å². The predicted octanol–water partition coefficient (Wildman–Crippen LogP) is 3.35. The summed E-state index contributed by atoms with van der Waals surface area (Å²) in [6.45, 7) is 0. The van der Waals surface area contributed by atoms with E-state index in [0.29, 0.717) is 0 Å². The van der Waals surface area contributed by atoms with E-state index in [-0.39, 0.29) is 0 Å². The van der Waals surface area contributed by atoms with E-state index < -0.39 is 30.7 Å². The highest BCUT2D eigenvalue weighted by molar-refractivity contribution is 4.99. The lowest BCUT2D eigenvalue weighted by Gasteiger charge is -2.04. The van der Waals surface area contributed by atoms with Crippen LogP contribution in [-0.2, 0) is 0 Å². The quantitative estimate of drug-likeness (QED) is 0.564. The van der Waals surface area contributed by atoms with Gasteiger partial charge in [0.1, 0.15) is 0 Å². The Bertz CT molecular complexity index is 171. The van der Waals surface area contributed by atoms with Gasteiger partial charge in [-0.05, 0) is 6.08 Å². The van der Waals surface area contributed by atoms with Gasteiger partial charge in [0.15, 0.2) is 5.83 Å². The summed E-state index contributed by atoms with van der Waals surface area (Å²) < 4.78 is 79.0. The lowest BCUT2D eigenvalue weighted by Crippen LogP contribution is -2.10. The molecule has 0 spiro atoms. The molecule has 0 aromatic rings. The number of alkyl halides is 6. The van der Waals surface area contributed by atoms with Gasteiger partial charge >= 0.3 is 12.4 Å². The normalized spacial score (nSPS) is 15.1. The van der Waals surface area contributed by atoms with Gasteiger partial charge in [-0.3, -0.25) is 0 Å². The third-order valence-electron chi connectivity index (χ3n) is 0.784. The molecule has 7 heteroatoms. The van der Waals surface area contributed by atoms with Crippen molar-refractivity contribution in [1.29, 1.82) is 0 Å². The highest BCUT2D eigenvalue weighted by atomic mass is 19.4. The summed E-state index contributed by atoms with van der Waals surface area (Å²) in [7, 11) is 0. The molecule has 72 valence electrons. The molecular formula is C5H3F7. The molecule has 0 bridgehead atoms. The molecule has 0 heterocycles. The molecule has 0 aliphatic rings. The summed E-state index contributed by atoms with van der Waals surface area (Å²) in [5.41, 5.74) is 0. The summed E-state index contributed by atoms with van der Waals surface area (Å²) >= 11 is 0. The van der Waals surface area contributed by atoms with E-state index in [2.05, 4.69) is 0 Å². The molecule has 0 atom stereocenters. The van der Waals surface area contributed by atoms with E-state index in [4.69, 9.17) is 0 Å². The Morgan fingerprint density at radius 1 is 1.00 bits per heavy atom. The van der Waals surface area contributed by atoms with Gasteiger partial charge in [0, 0.05) is 0 Å². The minimum absolute atomic E-state index is 0.542. The Morgan fingerprint density at radius 3 is 1.67 bits per heavy atom. The molecule has 0 aliphatic carbocycles.